The van der Waals surface area contributed by atoms with Crippen LogP contribution in [0.2, 0.25) is 0 Å². The molecule has 2 atom stereocenters. The van der Waals surface area contributed by atoms with Crippen molar-refractivity contribution in [2.24, 2.45) is 7.05 Å². The minimum absolute atomic E-state index is 0.0286. The lowest BCUT2D eigenvalue weighted by atomic mass is 9.33. The fourth-order valence-electron chi connectivity index (χ4n) is 6.18. The highest BCUT2D eigenvalue weighted by atomic mass is 32.2. The molecule has 2 heterocycles. The molecule has 2 bridgehead atoms. The molecule has 2 aromatic heterocycles. The highest BCUT2D eigenvalue weighted by molar-refractivity contribution is 7.84. The van der Waals surface area contributed by atoms with E-state index in [1.165, 1.54) is 36.6 Å². The van der Waals surface area contributed by atoms with E-state index in [2.05, 4.69) is 15.3 Å². The largest absolute Gasteiger partial charge is 0.378 e. The topological polar surface area (TPSA) is 76.9 Å². The van der Waals surface area contributed by atoms with Crippen LogP contribution in [0.1, 0.15) is 74.3 Å². The van der Waals surface area contributed by atoms with Gasteiger partial charge in [0, 0.05) is 53.8 Å². The number of nitrogens with one attached hydrogen (secondary N) is 1. The van der Waals surface area contributed by atoms with E-state index in [1.54, 1.807) is 18.5 Å². The molecule has 0 amide bonds. The Kier molecular flexibility index (Phi) is 8.78. The van der Waals surface area contributed by atoms with Gasteiger partial charge >= 0.3 is 0 Å². The monoisotopic (exact) mass is 580 g/mol. The number of hydrogen-bond donors (Lipinski definition) is 1. The Morgan fingerprint density at radius 3 is 2.20 bits per heavy atom. The first-order valence-electron chi connectivity index (χ1n) is 13.9. The highest BCUT2D eigenvalue weighted by Gasteiger charge is 2.69. The van der Waals surface area contributed by atoms with Gasteiger partial charge in [0.05, 0.1) is 21.4 Å². The van der Waals surface area contributed by atoms with Gasteiger partial charge in [-0.3, -0.25) is 9.00 Å². The minimum atomic E-state index is -1.42. The fraction of sp³-hybridized carbons (Fsp3) is 0.406. The van der Waals surface area contributed by atoms with Crippen LogP contribution in [0.4, 0.5) is 14.5 Å². The highest BCUT2D eigenvalue weighted by Crippen LogP contribution is 2.73. The van der Waals surface area contributed by atoms with Gasteiger partial charge in [-0.05, 0) is 87.6 Å². The Balaban J connectivity index is 0.00000189. The number of benzene rings is 1. The maximum atomic E-state index is 15.0. The molecule has 0 spiro atoms. The molecule has 218 valence electrons. The first kappa shape index (κ1) is 30.5. The summed E-state index contributed by atoms with van der Waals surface area (Å²) in [4.78, 5) is 22.3. The first-order chi connectivity index (χ1) is 19.4. The predicted molar refractivity (Wildman–Crippen MR) is 160 cm³/mol. The van der Waals surface area contributed by atoms with Crippen LogP contribution in [0.5, 0.6) is 0 Å². The van der Waals surface area contributed by atoms with E-state index >= 15 is 0 Å². The van der Waals surface area contributed by atoms with Gasteiger partial charge < -0.3 is 9.88 Å². The lowest BCUT2D eigenvalue weighted by Crippen LogP contribution is -2.68. The van der Waals surface area contributed by atoms with Gasteiger partial charge in [-0.1, -0.05) is 19.9 Å². The summed E-state index contributed by atoms with van der Waals surface area (Å²) in [5.41, 5.74) is 3.10. The Hall–Kier alpha value is -3.46. The number of aromatic nitrogens is 3. The van der Waals surface area contributed by atoms with Gasteiger partial charge in [-0.25, -0.2) is 18.7 Å². The van der Waals surface area contributed by atoms with Gasteiger partial charge in [0.1, 0.15) is 17.5 Å². The third-order valence-electron chi connectivity index (χ3n) is 8.19. The maximum absolute atomic E-state index is 15.0. The number of anilines is 1. The van der Waals surface area contributed by atoms with Crippen molar-refractivity contribution in [3.05, 3.63) is 105 Å². The molecular formula is C32H38F2N4O2S. The molecule has 0 aliphatic heterocycles. The fourth-order valence-corrected chi connectivity index (χ4v) is 6.90. The van der Waals surface area contributed by atoms with Gasteiger partial charge in [0.2, 0.25) is 0 Å². The third kappa shape index (κ3) is 5.82. The van der Waals surface area contributed by atoms with Crippen molar-refractivity contribution in [1.29, 1.82) is 0 Å². The van der Waals surface area contributed by atoms with Crippen molar-refractivity contribution >= 4 is 16.5 Å². The van der Waals surface area contributed by atoms with Crippen molar-refractivity contribution < 1.29 is 13.0 Å². The van der Waals surface area contributed by atoms with Crippen LogP contribution < -0.4 is 10.9 Å². The van der Waals surface area contributed by atoms with Gasteiger partial charge in [-0.15, -0.1) is 0 Å². The van der Waals surface area contributed by atoms with E-state index in [-0.39, 0.29) is 16.4 Å². The lowest BCUT2D eigenvalue weighted by Gasteiger charge is -2.71. The van der Waals surface area contributed by atoms with Gasteiger partial charge in [0.25, 0.3) is 5.56 Å². The zero-order valence-electron chi connectivity index (χ0n) is 24.7. The Bertz CT molecular complexity index is 1580. The molecule has 6 nitrogen and oxygen atoms in total. The number of halogens is 2. The van der Waals surface area contributed by atoms with Crippen LogP contribution in [-0.2, 0) is 28.7 Å². The van der Waals surface area contributed by atoms with Crippen molar-refractivity contribution in [2.75, 3.05) is 11.6 Å². The number of nitrogens with zero attached hydrogens (tertiary/aromatic N) is 3. The summed E-state index contributed by atoms with van der Waals surface area (Å²) in [5, 5.41) is 3.26. The van der Waals surface area contributed by atoms with E-state index in [9.17, 15) is 17.8 Å². The zero-order chi connectivity index (χ0) is 30.1. The van der Waals surface area contributed by atoms with Crippen molar-refractivity contribution in [3.63, 3.8) is 0 Å². The van der Waals surface area contributed by atoms with E-state index in [1.807, 2.05) is 52.2 Å². The molecule has 9 heteroatoms. The molecule has 3 aliphatic rings. The Morgan fingerprint density at radius 1 is 0.951 bits per heavy atom. The third-order valence-corrected chi connectivity index (χ3v) is 9.15. The molecule has 3 fully saturated rings. The standard InChI is InChI=1S/C30H32F2N4O2S.C2H6/c1-18-10-24(32)11-21(19(2)35-25-8-7-23(31)12-26(25)39(5)38)6-9-27(36(4)28(18)37)30-15-29(16-30,17-30)22-13-33-20(3)34-14-22;1-2/h6-14,19,35H,15-17H2,1-5H3;1-2H3/t19-,29?,30?,39?;/m1./s1. The summed E-state index contributed by atoms with van der Waals surface area (Å²) in [6, 6.07) is 10.1. The second-order valence-corrected chi connectivity index (χ2v) is 12.4. The molecule has 6 rings (SSSR count). The molecule has 1 unspecified atom stereocenters. The predicted octanol–water partition coefficient (Wildman–Crippen LogP) is 6.50. The van der Waals surface area contributed by atoms with Crippen LogP contribution in [0, 0.1) is 25.5 Å². The quantitative estimate of drug-likeness (QED) is 0.360. The normalized spacial score (nSPS) is 21.7. The average molecular weight is 581 g/mol. The summed E-state index contributed by atoms with van der Waals surface area (Å²) in [6.07, 6.45) is 7.96. The van der Waals surface area contributed by atoms with E-state index < -0.39 is 28.5 Å². The summed E-state index contributed by atoms with van der Waals surface area (Å²) in [5.74, 6) is -0.286. The molecule has 41 heavy (non-hydrogen) atoms. The second kappa shape index (κ2) is 11.8. The van der Waals surface area contributed by atoms with E-state index in [0.717, 1.165) is 36.3 Å². The molecule has 3 aromatic rings. The summed E-state index contributed by atoms with van der Waals surface area (Å²) in [6.45, 7) is 9.34. The van der Waals surface area contributed by atoms with E-state index in [4.69, 9.17) is 0 Å². The van der Waals surface area contributed by atoms with Crippen molar-refractivity contribution in [2.45, 2.75) is 75.6 Å². The SMILES string of the molecule is CC.Cc1ncc(C23CC(c4ccc([C@@H](C)Nc5ccc(F)cc5S(C)=O)cc(F)cc(C)c(=O)n4C)(C2)C3)cn1. The Labute approximate surface area is 243 Å². The number of hydrogen-bond acceptors (Lipinski definition) is 5. The summed E-state index contributed by atoms with van der Waals surface area (Å²) in [7, 11) is 0.326. The summed E-state index contributed by atoms with van der Waals surface area (Å²) >= 11 is 0. The van der Waals surface area contributed by atoms with Crippen molar-refractivity contribution in [3.8, 4) is 0 Å². The maximum Gasteiger partial charge on any atom is 0.253 e. The van der Waals surface area contributed by atoms with Gasteiger partial charge in [-0.2, -0.15) is 0 Å². The molecule has 1 aromatic carbocycles. The molecular weight excluding hydrogens is 542 g/mol. The zero-order valence-corrected chi connectivity index (χ0v) is 25.5. The molecule has 1 N–H and O–H groups in total. The van der Waals surface area contributed by atoms with Crippen LogP contribution in [-0.4, -0.2) is 25.0 Å². The number of rotatable bonds is 6. The van der Waals surface area contributed by atoms with Crippen LogP contribution in [0.3, 0.4) is 0 Å². The van der Waals surface area contributed by atoms with Crippen LogP contribution >= 0.6 is 0 Å². The molecule has 0 saturated heterocycles. The molecule has 3 saturated carbocycles. The smallest absolute Gasteiger partial charge is 0.253 e. The van der Waals surface area contributed by atoms with Gasteiger partial charge in [0.15, 0.2) is 0 Å². The van der Waals surface area contributed by atoms with Crippen LogP contribution in [0.25, 0.3) is 0 Å². The van der Waals surface area contributed by atoms with E-state index in [0.29, 0.717) is 21.7 Å². The summed E-state index contributed by atoms with van der Waals surface area (Å²) < 4.78 is 42.7. The second-order valence-electron chi connectivity index (χ2n) is 11.0. The molecule has 0 radical (unpaired) electrons. The first-order valence-corrected chi connectivity index (χ1v) is 15.4. The van der Waals surface area contributed by atoms with Crippen LogP contribution in [0.15, 0.2) is 64.5 Å². The molecule has 3 aliphatic carbocycles. The minimum Gasteiger partial charge on any atom is -0.378 e. The lowest BCUT2D eigenvalue weighted by molar-refractivity contribution is -0.0749. The average Bonchev–Trinajstić information content (AvgIpc) is 2.89. The Morgan fingerprint density at radius 2 is 1.59 bits per heavy atom. The van der Waals surface area contributed by atoms with Crippen molar-refractivity contribution in [1.82, 2.24) is 14.5 Å². The number of aryl methyl sites for hydroxylation is 2.